The van der Waals surface area contributed by atoms with Gasteiger partial charge in [0.25, 0.3) is 0 Å². The van der Waals surface area contributed by atoms with Gasteiger partial charge in [-0.1, -0.05) is 66.7 Å². The maximum atomic E-state index is 4.74. The molecular weight excluding hydrogens is 404 g/mol. The lowest BCUT2D eigenvalue weighted by molar-refractivity contribution is 0.148. The monoisotopic (exact) mass is 432 g/mol. The molecule has 0 amide bonds. The molecule has 5 aromatic rings. The Morgan fingerprint density at radius 1 is 0.788 bits per heavy atom. The molecule has 4 nitrogen and oxygen atoms in total. The molecule has 4 heteroatoms. The topological polar surface area (TPSA) is 35.2 Å². The maximum absolute atomic E-state index is 4.74. The summed E-state index contributed by atoms with van der Waals surface area (Å²) >= 11 is 0. The molecule has 1 fully saturated rings. The van der Waals surface area contributed by atoms with Crippen molar-refractivity contribution in [2.24, 2.45) is 0 Å². The summed E-state index contributed by atoms with van der Waals surface area (Å²) in [6.45, 7) is 5.61. The van der Waals surface area contributed by atoms with Gasteiger partial charge in [-0.15, -0.1) is 0 Å². The first-order valence-electron chi connectivity index (χ1n) is 11.7. The smallest absolute Gasteiger partial charge is 0.137 e. The Labute approximate surface area is 194 Å². The van der Waals surface area contributed by atoms with Crippen molar-refractivity contribution in [3.8, 4) is 22.3 Å². The number of aromatic amines is 1. The van der Waals surface area contributed by atoms with E-state index in [2.05, 4.69) is 101 Å². The van der Waals surface area contributed by atoms with E-state index in [1.807, 2.05) is 6.20 Å². The highest BCUT2D eigenvalue weighted by molar-refractivity contribution is 6.05. The Kier molecular flexibility index (Phi) is 5.17. The molecule has 0 saturated carbocycles. The number of pyridine rings is 1. The molecule has 0 aliphatic carbocycles. The summed E-state index contributed by atoms with van der Waals surface area (Å²) in [5, 5.41) is 3.68. The Morgan fingerprint density at radius 3 is 2.42 bits per heavy atom. The fourth-order valence-electron chi connectivity index (χ4n) is 4.91. The third kappa shape index (κ3) is 3.92. The van der Waals surface area contributed by atoms with Gasteiger partial charge in [0, 0.05) is 61.6 Å². The molecule has 0 radical (unpaired) electrons. The summed E-state index contributed by atoms with van der Waals surface area (Å²) in [5.74, 6) is 0. The second kappa shape index (κ2) is 8.47. The molecule has 1 aliphatic rings. The number of aromatic nitrogens is 2. The summed E-state index contributed by atoms with van der Waals surface area (Å²) in [7, 11) is 2.20. The summed E-state index contributed by atoms with van der Waals surface area (Å²) in [5.41, 5.74) is 7.08. The number of rotatable bonds is 4. The quantitative estimate of drug-likeness (QED) is 0.390. The van der Waals surface area contributed by atoms with Crippen LogP contribution in [0.1, 0.15) is 5.56 Å². The zero-order chi connectivity index (χ0) is 22.2. The SMILES string of the molecule is CN1CCN(Cc2ccc(-c3cnc4[nH]cc(-c5cccc6ccccc56)c4c3)cc2)CC1. The van der Waals surface area contributed by atoms with Gasteiger partial charge in [-0.2, -0.15) is 0 Å². The molecule has 1 aliphatic heterocycles. The summed E-state index contributed by atoms with van der Waals surface area (Å²) in [6.07, 6.45) is 4.06. The molecule has 3 heterocycles. The van der Waals surface area contributed by atoms with E-state index >= 15 is 0 Å². The average Bonchev–Trinajstić information content (AvgIpc) is 3.29. The molecule has 1 N–H and O–H groups in total. The maximum Gasteiger partial charge on any atom is 0.137 e. The number of benzene rings is 3. The summed E-state index contributed by atoms with van der Waals surface area (Å²) in [4.78, 5) is 13.0. The van der Waals surface area contributed by atoms with Gasteiger partial charge >= 0.3 is 0 Å². The minimum absolute atomic E-state index is 0.924. The molecular formula is C29H28N4. The number of likely N-dealkylation sites (N-methyl/N-ethyl adjacent to an activating group) is 1. The molecule has 3 aromatic carbocycles. The van der Waals surface area contributed by atoms with Crippen LogP contribution < -0.4 is 0 Å². The minimum Gasteiger partial charge on any atom is -0.346 e. The van der Waals surface area contributed by atoms with Gasteiger partial charge in [-0.3, -0.25) is 4.90 Å². The molecule has 33 heavy (non-hydrogen) atoms. The van der Waals surface area contributed by atoms with E-state index in [4.69, 9.17) is 4.98 Å². The number of hydrogen-bond donors (Lipinski definition) is 1. The fraction of sp³-hybridized carbons (Fsp3) is 0.207. The van der Waals surface area contributed by atoms with Crippen molar-refractivity contribution in [2.75, 3.05) is 33.2 Å². The molecule has 0 atom stereocenters. The van der Waals surface area contributed by atoms with Crippen molar-refractivity contribution in [2.45, 2.75) is 6.54 Å². The second-order valence-corrected chi connectivity index (χ2v) is 9.13. The number of nitrogens with zero attached hydrogens (tertiary/aromatic N) is 3. The van der Waals surface area contributed by atoms with Crippen molar-refractivity contribution < 1.29 is 0 Å². The molecule has 1 saturated heterocycles. The average molecular weight is 433 g/mol. The first-order chi connectivity index (χ1) is 16.2. The van der Waals surface area contributed by atoms with E-state index in [1.54, 1.807) is 0 Å². The number of piperazine rings is 1. The van der Waals surface area contributed by atoms with Crippen LogP contribution in [-0.4, -0.2) is 53.0 Å². The van der Waals surface area contributed by atoms with Crippen molar-refractivity contribution in [3.05, 3.63) is 90.8 Å². The third-order valence-electron chi connectivity index (χ3n) is 6.90. The van der Waals surface area contributed by atoms with Gasteiger partial charge in [0.2, 0.25) is 0 Å². The van der Waals surface area contributed by atoms with Crippen LogP contribution in [0, 0.1) is 0 Å². The van der Waals surface area contributed by atoms with E-state index < -0.39 is 0 Å². The summed E-state index contributed by atoms with van der Waals surface area (Å²) < 4.78 is 0. The highest BCUT2D eigenvalue weighted by atomic mass is 15.2. The van der Waals surface area contributed by atoms with Crippen LogP contribution in [0.3, 0.4) is 0 Å². The van der Waals surface area contributed by atoms with Crippen molar-refractivity contribution in [3.63, 3.8) is 0 Å². The van der Waals surface area contributed by atoms with Gasteiger partial charge in [0.1, 0.15) is 5.65 Å². The molecule has 0 unspecified atom stereocenters. The lowest BCUT2D eigenvalue weighted by atomic mass is 9.97. The summed E-state index contributed by atoms with van der Waals surface area (Å²) in [6, 6.07) is 26.3. The predicted octanol–water partition coefficient (Wildman–Crippen LogP) is 5.80. The van der Waals surface area contributed by atoms with E-state index in [0.29, 0.717) is 0 Å². The van der Waals surface area contributed by atoms with Gasteiger partial charge in [-0.25, -0.2) is 4.98 Å². The predicted molar refractivity (Wildman–Crippen MR) is 137 cm³/mol. The van der Waals surface area contributed by atoms with Gasteiger partial charge in [-0.05, 0) is 40.6 Å². The Morgan fingerprint density at radius 2 is 1.58 bits per heavy atom. The van der Waals surface area contributed by atoms with E-state index in [1.165, 1.54) is 33.0 Å². The largest absolute Gasteiger partial charge is 0.346 e. The number of H-pyrrole nitrogens is 1. The zero-order valence-corrected chi connectivity index (χ0v) is 19.0. The van der Waals surface area contributed by atoms with Gasteiger partial charge in [0.05, 0.1) is 0 Å². The highest BCUT2D eigenvalue weighted by Crippen LogP contribution is 2.35. The molecule has 6 rings (SSSR count). The normalized spacial score (nSPS) is 15.4. The van der Waals surface area contributed by atoms with Crippen LogP contribution >= 0.6 is 0 Å². The number of nitrogens with one attached hydrogen (secondary N) is 1. The minimum atomic E-state index is 0.924. The highest BCUT2D eigenvalue weighted by Gasteiger charge is 2.14. The standard InChI is InChI=1S/C29H28N4/c1-32-13-15-33(16-14-32)20-21-9-11-22(12-10-21)24-17-27-28(19-31-29(27)30-18-24)26-8-4-6-23-5-2-3-7-25(23)26/h2-12,17-19H,13-16,20H2,1H3,(H,30,31). The van der Waals surface area contributed by atoms with Crippen molar-refractivity contribution >= 4 is 21.8 Å². The molecule has 0 bridgehead atoms. The fourth-order valence-corrected chi connectivity index (χ4v) is 4.91. The zero-order valence-electron chi connectivity index (χ0n) is 19.0. The van der Waals surface area contributed by atoms with E-state index in [-0.39, 0.29) is 0 Å². The van der Waals surface area contributed by atoms with Crippen molar-refractivity contribution in [1.82, 2.24) is 19.8 Å². The number of fused-ring (bicyclic) bond motifs is 2. The van der Waals surface area contributed by atoms with E-state index in [9.17, 15) is 0 Å². The van der Waals surface area contributed by atoms with Crippen LogP contribution in [0.15, 0.2) is 85.2 Å². The molecule has 164 valence electrons. The van der Waals surface area contributed by atoms with Crippen LogP contribution in [0.2, 0.25) is 0 Å². The van der Waals surface area contributed by atoms with Gasteiger partial charge in [0.15, 0.2) is 0 Å². The first-order valence-corrected chi connectivity index (χ1v) is 11.7. The Hall–Kier alpha value is -3.47. The Bertz CT molecular complexity index is 1400. The van der Waals surface area contributed by atoms with Crippen LogP contribution in [0.25, 0.3) is 44.1 Å². The lowest BCUT2D eigenvalue weighted by Crippen LogP contribution is -2.43. The lowest BCUT2D eigenvalue weighted by Gasteiger charge is -2.32. The molecule has 0 spiro atoms. The number of hydrogen-bond acceptors (Lipinski definition) is 3. The van der Waals surface area contributed by atoms with Crippen molar-refractivity contribution in [1.29, 1.82) is 0 Å². The van der Waals surface area contributed by atoms with Crippen LogP contribution in [0.5, 0.6) is 0 Å². The van der Waals surface area contributed by atoms with Crippen LogP contribution in [-0.2, 0) is 6.54 Å². The van der Waals surface area contributed by atoms with E-state index in [0.717, 1.165) is 49.3 Å². The first kappa shape index (κ1) is 20.2. The second-order valence-electron chi connectivity index (χ2n) is 9.13. The molecule has 2 aromatic heterocycles. The third-order valence-corrected chi connectivity index (χ3v) is 6.90. The Balaban J connectivity index is 1.31. The van der Waals surface area contributed by atoms with Gasteiger partial charge < -0.3 is 9.88 Å². The van der Waals surface area contributed by atoms with Crippen LogP contribution in [0.4, 0.5) is 0 Å².